The number of carbonyl (C=O) groups is 1. The Morgan fingerprint density at radius 1 is 1.33 bits per heavy atom. The average Bonchev–Trinajstić information content (AvgIpc) is 2.36. The van der Waals surface area contributed by atoms with Gasteiger partial charge in [0.2, 0.25) is 5.91 Å². The summed E-state index contributed by atoms with van der Waals surface area (Å²) in [5, 5.41) is 6.48. The van der Waals surface area contributed by atoms with E-state index in [1.807, 2.05) is 0 Å². The van der Waals surface area contributed by atoms with Crippen molar-refractivity contribution in [3.8, 4) is 0 Å². The number of nitrogens with one attached hydrogen (secondary N) is 2. The molecule has 1 heterocycles. The van der Waals surface area contributed by atoms with Crippen molar-refractivity contribution in [3.63, 3.8) is 0 Å². The van der Waals surface area contributed by atoms with Gasteiger partial charge in [-0.25, -0.2) is 0 Å². The van der Waals surface area contributed by atoms with Gasteiger partial charge in [0.15, 0.2) is 0 Å². The number of hydrogen-bond donors (Lipinski definition) is 2. The molecule has 0 aliphatic carbocycles. The summed E-state index contributed by atoms with van der Waals surface area (Å²) in [5.41, 5.74) is -0.0926. The van der Waals surface area contributed by atoms with Gasteiger partial charge in [-0.3, -0.25) is 9.69 Å². The second-order valence-corrected chi connectivity index (χ2v) is 5.83. The lowest BCUT2D eigenvalue weighted by Gasteiger charge is -2.34. The summed E-state index contributed by atoms with van der Waals surface area (Å²) in [4.78, 5) is 14.4. The molecule has 1 rings (SSSR count). The van der Waals surface area contributed by atoms with Crippen molar-refractivity contribution >= 4 is 5.91 Å². The zero-order valence-corrected chi connectivity index (χ0v) is 12.4. The zero-order chi connectivity index (χ0) is 13.6. The predicted molar refractivity (Wildman–Crippen MR) is 75.7 cm³/mol. The molecule has 1 aliphatic heterocycles. The van der Waals surface area contributed by atoms with Gasteiger partial charge in [0.05, 0.1) is 6.54 Å². The minimum atomic E-state index is -0.0926. The standard InChI is InChI=1S/C14H29N3O/c1-5-14(3,4)16-13(18)11-17(6-2)12-7-9-15-10-8-12/h12,15H,5-11H2,1-4H3,(H,16,18). The molecule has 0 bridgehead atoms. The molecule has 106 valence electrons. The van der Waals surface area contributed by atoms with Crippen LogP contribution in [0.2, 0.25) is 0 Å². The minimum absolute atomic E-state index is 0.0926. The average molecular weight is 255 g/mol. The van der Waals surface area contributed by atoms with Gasteiger partial charge in [-0.05, 0) is 52.7 Å². The first-order chi connectivity index (χ1) is 8.48. The van der Waals surface area contributed by atoms with Gasteiger partial charge in [-0.2, -0.15) is 0 Å². The van der Waals surface area contributed by atoms with Crippen LogP contribution in [0.3, 0.4) is 0 Å². The lowest BCUT2D eigenvalue weighted by atomic mass is 10.0. The molecule has 1 saturated heterocycles. The van der Waals surface area contributed by atoms with Gasteiger partial charge >= 0.3 is 0 Å². The highest BCUT2D eigenvalue weighted by atomic mass is 16.2. The first-order valence-electron chi connectivity index (χ1n) is 7.24. The summed E-state index contributed by atoms with van der Waals surface area (Å²) in [5.74, 6) is 0.155. The lowest BCUT2D eigenvalue weighted by Crippen LogP contribution is -2.51. The molecule has 0 radical (unpaired) electrons. The van der Waals surface area contributed by atoms with Gasteiger partial charge in [0, 0.05) is 11.6 Å². The second kappa shape index (κ2) is 7.10. The predicted octanol–water partition coefficient (Wildman–Crippen LogP) is 1.37. The molecule has 1 aliphatic rings. The molecule has 0 atom stereocenters. The molecule has 1 amide bonds. The van der Waals surface area contributed by atoms with Gasteiger partial charge in [0.1, 0.15) is 0 Å². The summed E-state index contributed by atoms with van der Waals surface area (Å²) in [6.45, 7) is 12.0. The van der Waals surface area contributed by atoms with Crippen molar-refractivity contribution in [1.82, 2.24) is 15.5 Å². The van der Waals surface area contributed by atoms with Crippen molar-refractivity contribution in [1.29, 1.82) is 0 Å². The Labute approximate surface area is 111 Å². The summed E-state index contributed by atoms with van der Waals surface area (Å²) in [7, 11) is 0. The Morgan fingerprint density at radius 3 is 2.44 bits per heavy atom. The first kappa shape index (κ1) is 15.4. The van der Waals surface area contributed by atoms with Gasteiger partial charge in [-0.15, -0.1) is 0 Å². The topological polar surface area (TPSA) is 44.4 Å². The lowest BCUT2D eigenvalue weighted by molar-refractivity contribution is -0.124. The number of carbonyl (C=O) groups excluding carboxylic acids is 1. The molecular formula is C14H29N3O. The van der Waals surface area contributed by atoms with E-state index in [0.717, 1.165) is 38.9 Å². The summed E-state index contributed by atoms with van der Waals surface area (Å²) >= 11 is 0. The van der Waals surface area contributed by atoms with E-state index in [1.54, 1.807) is 0 Å². The number of likely N-dealkylation sites (N-methyl/N-ethyl adjacent to an activating group) is 1. The van der Waals surface area contributed by atoms with E-state index in [0.29, 0.717) is 12.6 Å². The fraction of sp³-hybridized carbons (Fsp3) is 0.929. The van der Waals surface area contributed by atoms with Gasteiger partial charge < -0.3 is 10.6 Å². The largest absolute Gasteiger partial charge is 0.350 e. The summed E-state index contributed by atoms with van der Waals surface area (Å²) in [6.07, 6.45) is 3.26. The Hall–Kier alpha value is -0.610. The maximum atomic E-state index is 12.1. The molecule has 0 aromatic heterocycles. The van der Waals surface area contributed by atoms with Crippen LogP contribution < -0.4 is 10.6 Å². The normalized spacial score (nSPS) is 18.1. The molecule has 18 heavy (non-hydrogen) atoms. The summed E-state index contributed by atoms with van der Waals surface area (Å²) in [6, 6.07) is 0.562. The van der Waals surface area contributed by atoms with Crippen LogP contribution in [-0.4, -0.2) is 48.6 Å². The quantitative estimate of drug-likeness (QED) is 0.753. The van der Waals surface area contributed by atoms with E-state index in [1.165, 1.54) is 0 Å². The Morgan fingerprint density at radius 2 is 1.94 bits per heavy atom. The molecular weight excluding hydrogens is 226 g/mol. The monoisotopic (exact) mass is 255 g/mol. The van der Waals surface area contributed by atoms with E-state index in [4.69, 9.17) is 0 Å². The van der Waals surface area contributed by atoms with Crippen LogP contribution in [-0.2, 0) is 4.79 Å². The molecule has 4 heteroatoms. The Balaban J connectivity index is 2.44. The minimum Gasteiger partial charge on any atom is -0.350 e. The second-order valence-electron chi connectivity index (χ2n) is 5.83. The van der Waals surface area contributed by atoms with Crippen molar-refractivity contribution in [2.24, 2.45) is 0 Å². The van der Waals surface area contributed by atoms with E-state index in [9.17, 15) is 4.79 Å². The highest BCUT2D eigenvalue weighted by Gasteiger charge is 2.24. The number of nitrogens with zero attached hydrogens (tertiary/aromatic N) is 1. The Kier molecular flexibility index (Phi) is 6.09. The molecule has 0 saturated carbocycles. The van der Waals surface area contributed by atoms with E-state index in [-0.39, 0.29) is 11.4 Å². The zero-order valence-electron chi connectivity index (χ0n) is 12.4. The van der Waals surface area contributed by atoms with Crippen LogP contribution in [0, 0.1) is 0 Å². The molecule has 4 nitrogen and oxygen atoms in total. The van der Waals surface area contributed by atoms with Crippen molar-refractivity contribution in [3.05, 3.63) is 0 Å². The highest BCUT2D eigenvalue weighted by Crippen LogP contribution is 2.12. The summed E-state index contributed by atoms with van der Waals surface area (Å²) < 4.78 is 0. The van der Waals surface area contributed by atoms with Crippen LogP contribution in [0.5, 0.6) is 0 Å². The molecule has 1 fully saturated rings. The highest BCUT2D eigenvalue weighted by molar-refractivity contribution is 5.78. The van der Waals surface area contributed by atoms with E-state index >= 15 is 0 Å². The van der Waals surface area contributed by atoms with Crippen LogP contribution in [0.25, 0.3) is 0 Å². The van der Waals surface area contributed by atoms with Crippen molar-refractivity contribution in [2.75, 3.05) is 26.2 Å². The van der Waals surface area contributed by atoms with Crippen LogP contribution in [0.4, 0.5) is 0 Å². The number of amides is 1. The van der Waals surface area contributed by atoms with Crippen LogP contribution >= 0.6 is 0 Å². The van der Waals surface area contributed by atoms with Crippen LogP contribution in [0.15, 0.2) is 0 Å². The molecule has 0 spiro atoms. The van der Waals surface area contributed by atoms with E-state index in [2.05, 4.69) is 43.2 Å². The number of hydrogen-bond acceptors (Lipinski definition) is 3. The molecule has 0 aromatic carbocycles. The van der Waals surface area contributed by atoms with Gasteiger partial charge in [-0.1, -0.05) is 13.8 Å². The maximum Gasteiger partial charge on any atom is 0.234 e. The van der Waals surface area contributed by atoms with Crippen molar-refractivity contribution in [2.45, 2.75) is 58.5 Å². The third kappa shape index (κ3) is 4.94. The third-order valence-electron chi connectivity index (χ3n) is 3.94. The van der Waals surface area contributed by atoms with Crippen LogP contribution in [0.1, 0.15) is 47.0 Å². The number of rotatable bonds is 6. The fourth-order valence-electron chi connectivity index (χ4n) is 2.36. The molecule has 0 unspecified atom stereocenters. The number of piperidine rings is 1. The van der Waals surface area contributed by atoms with Gasteiger partial charge in [0.25, 0.3) is 0 Å². The van der Waals surface area contributed by atoms with E-state index < -0.39 is 0 Å². The molecule has 0 aromatic rings. The fourth-order valence-corrected chi connectivity index (χ4v) is 2.36. The SMILES string of the molecule is CCN(CC(=O)NC(C)(C)CC)C1CCNCC1. The molecule has 2 N–H and O–H groups in total. The Bertz CT molecular complexity index is 260. The smallest absolute Gasteiger partial charge is 0.234 e. The van der Waals surface area contributed by atoms with Crippen molar-refractivity contribution < 1.29 is 4.79 Å². The maximum absolute atomic E-state index is 12.1. The first-order valence-corrected chi connectivity index (χ1v) is 7.24. The third-order valence-corrected chi connectivity index (χ3v) is 3.94.